The molecule has 0 saturated heterocycles. The van der Waals surface area contributed by atoms with Gasteiger partial charge in [0.05, 0.1) is 12.6 Å². The highest BCUT2D eigenvalue weighted by Crippen LogP contribution is 2.28. The smallest absolute Gasteiger partial charge is 0.271 e. The van der Waals surface area contributed by atoms with Gasteiger partial charge < -0.3 is 38.1 Å². The van der Waals surface area contributed by atoms with E-state index in [0.717, 1.165) is 43.2 Å². The maximum Gasteiger partial charge on any atom is 0.271 e. The molecule has 53 heavy (non-hydrogen) atoms. The van der Waals surface area contributed by atoms with Gasteiger partial charge in [0.2, 0.25) is 17.7 Å². The van der Waals surface area contributed by atoms with Crippen LogP contribution < -0.4 is 38.1 Å². The molecule has 0 aliphatic heterocycles. The van der Waals surface area contributed by atoms with Crippen LogP contribution in [0, 0.1) is 11.7 Å². The minimum absolute atomic E-state index is 0.0551. The van der Waals surface area contributed by atoms with E-state index in [1.165, 1.54) is 23.5 Å². The van der Waals surface area contributed by atoms with E-state index in [1.54, 1.807) is 24.6 Å². The van der Waals surface area contributed by atoms with Gasteiger partial charge >= 0.3 is 0 Å². The number of guanidine groups is 1. The number of hydrogen-bond acceptors (Lipinski definition) is 8. The lowest BCUT2D eigenvalue weighted by atomic mass is 9.84. The number of rotatable bonds is 20. The van der Waals surface area contributed by atoms with E-state index in [4.69, 9.17) is 11.5 Å². The van der Waals surface area contributed by atoms with E-state index in [0.29, 0.717) is 37.2 Å². The normalized spacial score (nSPS) is 14.7. The highest BCUT2D eigenvalue weighted by atomic mass is 32.1. The molecule has 3 atom stereocenters. The van der Waals surface area contributed by atoms with Gasteiger partial charge in [-0.3, -0.25) is 24.2 Å². The highest BCUT2D eigenvalue weighted by Gasteiger charge is 2.31. The molecule has 0 radical (unpaired) electrons. The molecule has 2 aromatic carbocycles. The summed E-state index contributed by atoms with van der Waals surface area (Å²) in [5.74, 6) is -1.79. The third-order valence-electron chi connectivity index (χ3n) is 9.13. The molecule has 9 N–H and O–H groups in total. The fourth-order valence-corrected chi connectivity index (χ4v) is 7.23. The second-order valence-corrected chi connectivity index (χ2v) is 14.2. The number of nitrogens with zero attached hydrogens (tertiary/aromatic N) is 2. The zero-order valence-corrected chi connectivity index (χ0v) is 31.1. The maximum absolute atomic E-state index is 14.0. The van der Waals surface area contributed by atoms with Gasteiger partial charge in [0, 0.05) is 18.5 Å². The number of nitrogens with one attached hydrogen (secondary N) is 5. The Morgan fingerprint density at radius 2 is 1.66 bits per heavy atom. The largest absolute Gasteiger partial charge is 0.370 e. The molecule has 4 rings (SSSR count). The van der Waals surface area contributed by atoms with Crippen molar-refractivity contribution in [3.8, 4) is 0 Å². The quantitative estimate of drug-likeness (QED) is 0.0519. The highest BCUT2D eigenvalue weighted by molar-refractivity contribution is 7.09. The van der Waals surface area contributed by atoms with Crippen molar-refractivity contribution >= 4 is 40.9 Å². The van der Waals surface area contributed by atoms with Crippen LogP contribution in [0.1, 0.15) is 84.0 Å². The molecular weight excluding hydrogens is 698 g/mol. The molecule has 15 heteroatoms. The lowest BCUT2D eigenvalue weighted by molar-refractivity contribution is -0.130. The van der Waals surface area contributed by atoms with Crippen LogP contribution in [0.4, 0.5) is 4.39 Å². The third kappa shape index (κ3) is 14.2. The second kappa shape index (κ2) is 21.6. The van der Waals surface area contributed by atoms with Gasteiger partial charge in [-0.05, 0) is 68.3 Å². The van der Waals surface area contributed by atoms with Crippen LogP contribution in [0.25, 0.3) is 0 Å². The van der Waals surface area contributed by atoms with Crippen LogP contribution in [0.15, 0.2) is 65.0 Å². The number of nitrogens with two attached hydrogens (primary N) is 2. The van der Waals surface area contributed by atoms with Crippen LogP contribution in [-0.2, 0) is 27.2 Å². The summed E-state index contributed by atoms with van der Waals surface area (Å²) >= 11 is 1.21. The zero-order chi connectivity index (χ0) is 38.0. The number of carbonyl (C=O) groups is 4. The average Bonchev–Trinajstić information content (AvgIpc) is 3.65. The number of thiazole rings is 1. The number of halogens is 1. The average molecular weight is 750 g/mol. The summed E-state index contributed by atoms with van der Waals surface area (Å²) in [4.78, 5) is 62.3. The summed E-state index contributed by atoms with van der Waals surface area (Å²) < 4.78 is 13.6. The second-order valence-electron chi connectivity index (χ2n) is 13.4. The molecule has 3 aromatic rings. The number of hydrogen-bond donors (Lipinski definition) is 7. The SMILES string of the molecule is CNCC(=O)N[C@@H](Cc1ccc(F)cc1)c1nc(C(=O)N[C@@H](CC2CCCCC2)C(=O)N[C@@H](CCCN=C(N)N)C(=O)NCCc2ccccc2)cs1. The summed E-state index contributed by atoms with van der Waals surface area (Å²) in [5, 5.41) is 16.6. The summed E-state index contributed by atoms with van der Waals surface area (Å²) in [7, 11) is 1.66. The molecule has 13 nitrogen and oxygen atoms in total. The number of amides is 4. The first-order valence-electron chi connectivity index (χ1n) is 18.2. The first-order chi connectivity index (χ1) is 25.6. The van der Waals surface area contributed by atoms with E-state index >= 15 is 0 Å². The first kappa shape index (κ1) is 40.9. The van der Waals surface area contributed by atoms with Crippen molar-refractivity contribution in [3.63, 3.8) is 0 Å². The molecule has 4 amide bonds. The van der Waals surface area contributed by atoms with Crippen LogP contribution >= 0.6 is 11.3 Å². The van der Waals surface area contributed by atoms with Gasteiger partial charge in [-0.2, -0.15) is 0 Å². The van der Waals surface area contributed by atoms with Gasteiger partial charge in [0.15, 0.2) is 5.96 Å². The lowest BCUT2D eigenvalue weighted by Gasteiger charge is -2.28. The minimum Gasteiger partial charge on any atom is -0.370 e. The Balaban J connectivity index is 1.49. The Bertz CT molecular complexity index is 1640. The Hall–Kier alpha value is -4.89. The van der Waals surface area contributed by atoms with Crippen molar-refractivity contribution in [1.82, 2.24) is 31.6 Å². The molecule has 1 saturated carbocycles. The van der Waals surface area contributed by atoms with E-state index in [9.17, 15) is 23.6 Å². The van der Waals surface area contributed by atoms with Crippen LogP contribution in [0.2, 0.25) is 0 Å². The standard InChI is InChI=1S/C38H52FN9O4S/c1-42-23-33(49)45-31(22-27-14-16-28(39)17-15-27)37-48-32(24-53-37)36(52)47-30(21-26-11-6-3-7-12-26)35(51)46-29(13-8-19-44-38(40)41)34(50)43-20-18-25-9-4-2-5-10-25/h2,4-5,9-10,14-17,24,26,29-31,42H,3,6-8,11-13,18-23H2,1H3,(H,43,50)(H,45,49)(H,46,51)(H,47,52)(H4,40,41,44)/t29-,30-,31-/m0/s1. The zero-order valence-electron chi connectivity index (χ0n) is 30.2. The Morgan fingerprint density at radius 3 is 2.36 bits per heavy atom. The number of carbonyl (C=O) groups excluding carboxylic acids is 4. The predicted octanol–water partition coefficient (Wildman–Crippen LogP) is 2.87. The van der Waals surface area contributed by atoms with Crippen molar-refractivity contribution in [2.24, 2.45) is 22.4 Å². The first-order valence-corrected chi connectivity index (χ1v) is 19.1. The molecule has 1 aliphatic rings. The number of benzene rings is 2. The number of likely N-dealkylation sites (N-methyl/N-ethyl adjacent to an activating group) is 1. The fourth-order valence-electron chi connectivity index (χ4n) is 6.38. The van der Waals surface area contributed by atoms with Crippen molar-refractivity contribution in [2.75, 3.05) is 26.7 Å². The Kier molecular flexibility index (Phi) is 16.7. The lowest BCUT2D eigenvalue weighted by Crippen LogP contribution is -2.54. The topological polar surface area (TPSA) is 206 Å². The Morgan fingerprint density at radius 1 is 0.925 bits per heavy atom. The minimum atomic E-state index is -0.918. The van der Waals surface area contributed by atoms with Gasteiger partial charge in [0.1, 0.15) is 28.6 Å². The van der Waals surface area contributed by atoms with E-state index in [1.807, 2.05) is 30.3 Å². The molecule has 0 spiro atoms. The number of aromatic nitrogens is 1. The monoisotopic (exact) mass is 749 g/mol. The van der Waals surface area contributed by atoms with Gasteiger partial charge in [-0.1, -0.05) is 74.6 Å². The Labute approximate surface area is 314 Å². The van der Waals surface area contributed by atoms with Crippen molar-refractivity contribution in [3.05, 3.63) is 87.6 Å². The van der Waals surface area contributed by atoms with Gasteiger partial charge in [-0.25, -0.2) is 9.37 Å². The molecule has 1 heterocycles. The van der Waals surface area contributed by atoms with Crippen LogP contribution in [-0.4, -0.2) is 73.3 Å². The molecule has 1 fully saturated rings. The molecule has 0 bridgehead atoms. The summed E-state index contributed by atoms with van der Waals surface area (Å²) in [6, 6.07) is 13.4. The molecular formula is C38H52FN9O4S. The van der Waals surface area contributed by atoms with E-state index < -0.39 is 29.9 Å². The molecule has 1 aromatic heterocycles. The molecule has 0 unspecified atom stereocenters. The third-order valence-corrected chi connectivity index (χ3v) is 10.1. The van der Waals surface area contributed by atoms with Crippen molar-refractivity contribution < 1.29 is 23.6 Å². The number of aliphatic imine (C=N–C) groups is 1. The molecule has 286 valence electrons. The van der Waals surface area contributed by atoms with E-state index in [2.05, 4.69) is 36.6 Å². The van der Waals surface area contributed by atoms with Crippen molar-refractivity contribution in [2.45, 2.75) is 82.3 Å². The van der Waals surface area contributed by atoms with E-state index in [-0.39, 0.29) is 54.7 Å². The summed E-state index contributed by atoms with van der Waals surface area (Å²) in [6.07, 6.45) is 7.22. The van der Waals surface area contributed by atoms with Crippen LogP contribution in [0.5, 0.6) is 0 Å². The van der Waals surface area contributed by atoms with Gasteiger partial charge in [0.25, 0.3) is 5.91 Å². The predicted molar refractivity (Wildman–Crippen MR) is 204 cm³/mol. The fraction of sp³-hybridized carbons (Fsp3) is 0.474. The maximum atomic E-state index is 14.0. The van der Waals surface area contributed by atoms with Gasteiger partial charge in [-0.15, -0.1) is 11.3 Å². The van der Waals surface area contributed by atoms with Crippen LogP contribution in [0.3, 0.4) is 0 Å². The summed E-state index contributed by atoms with van der Waals surface area (Å²) in [5.41, 5.74) is 12.9. The summed E-state index contributed by atoms with van der Waals surface area (Å²) in [6.45, 7) is 0.754. The molecule has 1 aliphatic carbocycles. The van der Waals surface area contributed by atoms with Crippen molar-refractivity contribution in [1.29, 1.82) is 0 Å².